The van der Waals surface area contributed by atoms with E-state index in [9.17, 15) is 5.11 Å². The predicted molar refractivity (Wildman–Crippen MR) is 79.2 cm³/mol. The molecule has 1 atom stereocenters. The van der Waals surface area contributed by atoms with Gasteiger partial charge in [0.05, 0.1) is 0 Å². The normalized spacial score (nSPS) is 16.5. The minimum atomic E-state index is -0.881. The smallest absolute Gasteiger partial charge is 0.160 e. The van der Waals surface area contributed by atoms with E-state index in [4.69, 9.17) is 9.53 Å². The van der Waals surface area contributed by atoms with E-state index in [0.717, 1.165) is 12.5 Å². The van der Waals surface area contributed by atoms with Crippen molar-refractivity contribution in [2.24, 2.45) is 16.2 Å². The molecule has 0 spiro atoms. The highest BCUT2D eigenvalue weighted by Gasteiger charge is 2.52. The second-order valence-corrected chi connectivity index (χ2v) is 8.51. The van der Waals surface area contributed by atoms with Crippen LogP contribution in [0.25, 0.3) is 0 Å². The molecule has 0 saturated heterocycles. The van der Waals surface area contributed by atoms with Crippen LogP contribution in [0.4, 0.5) is 0 Å². The van der Waals surface area contributed by atoms with Gasteiger partial charge in [-0.05, 0) is 23.3 Å². The van der Waals surface area contributed by atoms with E-state index < -0.39 is 16.1 Å². The number of ether oxygens (including phenoxy) is 1. The van der Waals surface area contributed by atoms with E-state index in [1.807, 2.05) is 0 Å². The van der Waals surface area contributed by atoms with Crippen molar-refractivity contribution in [2.75, 3.05) is 6.61 Å². The van der Waals surface area contributed by atoms with Crippen molar-refractivity contribution in [3.05, 3.63) is 0 Å². The van der Waals surface area contributed by atoms with Crippen molar-refractivity contribution in [3.63, 3.8) is 0 Å². The van der Waals surface area contributed by atoms with Gasteiger partial charge in [-0.15, -0.1) is 0 Å². The average molecular weight is 276 g/mol. The van der Waals surface area contributed by atoms with E-state index in [1.165, 1.54) is 0 Å². The maximum Gasteiger partial charge on any atom is 0.160 e. The van der Waals surface area contributed by atoms with Gasteiger partial charge in [-0.25, -0.2) is 0 Å². The SMILES string of the molecule is CC(C)(C)C(C)(C(O)OCCC[SiH2]O)C(C)(C)C. The molecule has 3 nitrogen and oxygen atoms in total. The predicted octanol–water partition coefficient (Wildman–Crippen LogP) is 2.30. The van der Waals surface area contributed by atoms with E-state index in [1.54, 1.807) is 0 Å². The van der Waals surface area contributed by atoms with Crippen molar-refractivity contribution in [1.82, 2.24) is 0 Å². The molecular weight excluding hydrogens is 244 g/mol. The molecule has 0 aromatic heterocycles. The monoisotopic (exact) mass is 276 g/mol. The number of rotatable bonds is 6. The summed E-state index contributed by atoms with van der Waals surface area (Å²) < 4.78 is 5.63. The zero-order chi connectivity index (χ0) is 14.6. The third-order valence-corrected chi connectivity index (χ3v) is 5.25. The van der Waals surface area contributed by atoms with Crippen LogP contribution in [0, 0.1) is 16.2 Å². The third-order valence-electron chi connectivity index (χ3n) is 4.44. The zero-order valence-corrected chi connectivity index (χ0v) is 14.6. The number of aliphatic hydroxyl groups excluding tert-OH is 1. The Labute approximate surface area is 115 Å². The first kappa shape index (κ1) is 18.1. The standard InChI is InChI=1S/C14H32O3Si/c1-12(2,3)14(7,13(4,5)6)11(15)17-9-8-10-18-16/h11,15-16H,8-10,18H2,1-7H3. The van der Waals surface area contributed by atoms with Crippen LogP contribution in [0.5, 0.6) is 0 Å². The molecule has 0 aromatic rings. The molecule has 4 heteroatoms. The van der Waals surface area contributed by atoms with Crippen molar-refractivity contribution < 1.29 is 14.6 Å². The van der Waals surface area contributed by atoms with Crippen LogP contribution in [0.2, 0.25) is 6.04 Å². The first-order chi connectivity index (χ1) is 7.98. The van der Waals surface area contributed by atoms with E-state index >= 15 is 0 Å². The largest absolute Gasteiger partial charge is 0.438 e. The Bertz CT molecular complexity index is 226. The number of aliphatic hydroxyl groups is 1. The second kappa shape index (κ2) is 6.50. The van der Waals surface area contributed by atoms with Gasteiger partial charge < -0.3 is 14.6 Å². The van der Waals surface area contributed by atoms with Crippen LogP contribution < -0.4 is 0 Å². The zero-order valence-electron chi connectivity index (χ0n) is 13.2. The first-order valence-electron chi connectivity index (χ1n) is 6.89. The molecule has 0 amide bonds. The Hall–Kier alpha value is 0.0969. The van der Waals surface area contributed by atoms with Gasteiger partial charge in [-0.1, -0.05) is 48.5 Å². The molecule has 0 bridgehead atoms. The quantitative estimate of drug-likeness (QED) is 0.445. The molecule has 0 saturated carbocycles. The van der Waals surface area contributed by atoms with Crippen molar-refractivity contribution in [3.8, 4) is 0 Å². The second-order valence-electron chi connectivity index (χ2n) is 7.36. The fourth-order valence-electron chi connectivity index (χ4n) is 2.44. The molecule has 110 valence electrons. The van der Waals surface area contributed by atoms with Crippen molar-refractivity contribution in [2.45, 2.75) is 67.2 Å². The van der Waals surface area contributed by atoms with Gasteiger partial charge in [-0.3, -0.25) is 0 Å². The minimum Gasteiger partial charge on any atom is -0.438 e. The summed E-state index contributed by atoms with van der Waals surface area (Å²) >= 11 is 0. The Morgan fingerprint density at radius 1 is 1.00 bits per heavy atom. The van der Waals surface area contributed by atoms with Crippen LogP contribution in [0.1, 0.15) is 54.9 Å². The van der Waals surface area contributed by atoms with E-state index in [-0.39, 0.29) is 16.2 Å². The molecule has 2 N–H and O–H groups in total. The van der Waals surface area contributed by atoms with Crippen LogP contribution in [-0.4, -0.2) is 32.6 Å². The molecule has 0 radical (unpaired) electrons. The molecule has 18 heavy (non-hydrogen) atoms. The van der Waals surface area contributed by atoms with Gasteiger partial charge in [-0.2, -0.15) is 0 Å². The first-order valence-corrected chi connectivity index (χ1v) is 8.52. The van der Waals surface area contributed by atoms with Crippen molar-refractivity contribution in [1.29, 1.82) is 0 Å². The summed E-state index contributed by atoms with van der Waals surface area (Å²) in [5.41, 5.74) is -0.455. The lowest BCUT2D eigenvalue weighted by Crippen LogP contribution is -2.53. The van der Waals surface area contributed by atoms with Crippen molar-refractivity contribution >= 4 is 9.76 Å². The van der Waals surface area contributed by atoms with Gasteiger partial charge in [0, 0.05) is 12.0 Å². The van der Waals surface area contributed by atoms with Gasteiger partial charge in [0.15, 0.2) is 16.1 Å². The van der Waals surface area contributed by atoms with Crippen LogP contribution in [0.15, 0.2) is 0 Å². The van der Waals surface area contributed by atoms with Gasteiger partial charge in [0.1, 0.15) is 0 Å². The summed E-state index contributed by atoms with van der Waals surface area (Å²) in [7, 11) is -0.881. The molecule has 0 aromatic carbocycles. The summed E-state index contributed by atoms with van der Waals surface area (Å²) in [4.78, 5) is 8.87. The molecule has 1 unspecified atom stereocenters. The molecule has 0 aliphatic carbocycles. The molecule has 0 rings (SSSR count). The summed E-state index contributed by atoms with van der Waals surface area (Å²) in [6.07, 6.45) is 0.0577. The van der Waals surface area contributed by atoms with Gasteiger partial charge >= 0.3 is 0 Å². The van der Waals surface area contributed by atoms with Crippen LogP contribution >= 0.6 is 0 Å². The molecular formula is C14H32O3Si. The molecule has 0 heterocycles. The third kappa shape index (κ3) is 4.05. The molecule has 0 aliphatic rings. The maximum absolute atomic E-state index is 10.5. The fourth-order valence-corrected chi connectivity index (χ4v) is 2.87. The number of hydrogen-bond acceptors (Lipinski definition) is 3. The highest BCUT2D eigenvalue weighted by Crippen LogP contribution is 2.53. The van der Waals surface area contributed by atoms with Crippen LogP contribution in [-0.2, 0) is 4.74 Å². The van der Waals surface area contributed by atoms with Crippen LogP contribution in [0.3, 0.4) is 0 Å². The highest BCUT2D eigenvalue weighted by atomic mass is 28.2. The molecule has 0 fully saturated rings. The Morgan fingerprint density at radius 3 is 1.78 bits per heavy atom. The minimum absolute atomic E-state index is 0.0591. The van der Waals surface area contributed by atoms with E-state index in [0.29, 0.717) is 6.61 Å². The Balaban J connectivity index is 4.79. The van der Waals surface area contributed by atoms with E-state index in [2.05, 4.69) is 48.5 Å². The Morgan fingerprint density at radius 2 is 1.44 bits per heavy atom. The lowest BCUT2D eigenvalue weighted by atomic mass is 9.54. The highest BCUT2D eigenvalue weighted by molar-refractivity contribution is 6.25. The average Bonchev–Trinajstić information content (AvgIpc) is 2.19. The Kier molecular flexibility index (Phi) is 6.54. The van der Waals surface area contributed by atoms with Gasteiger partial charge in [0.2, 0.25) is 0 Å². The maximum atomic E-state index is 10.5. The lowest BCUT2D eigenvalue weighted by molar-refractivity contribution is -0.238. The summed E-state index contributed by atoms with van der Waals surface area (Å²) in [5.74, 6) is 0. The fraction of sp³-hybridized carbons (Fsp3) is 1.00. The molecule has 0 aliphatic heterocycles. The van der Waals surface area contributed by atoms with Gasteiger partial charge in [0.25, 0.3) is 0 Å². The lowest BCUT2D eigenvalue weighted by Gasteiger charge is -2.53. The topological polar surface area (TPSA) is 49.7 Å². The summed E-state index contributed by atoms with van der Waals surface area (Å²) in [6, 6.07) is 0.856. The summed E-state index contributed by atoms with van der Waals surface area (Å²) in [5, 5.41) is 10.5. The summed E-state index contributed by atoms with van der Waals surface area (Å²) in [6.45, 7) is 15.5. The number of hydrogen-bond donors (Lipinski definition) is 2.